The molecule has 0 radical (unpaired) electrons. The van der Waals surface area contributed by atoms with Gasteiger partial charge in [-0.25, -0.2) is 8.78 Å². The summed E-state index contributed by atoms with van der Waals surface area (Å²) in [7, 11) is 3.79. The highest BCUT2D eigenvalue weighted by molar-refractivity contribution is 5.85. The predicted octanol–water partition coefficient (Wildman–Crippen LogP) is 1.40. The van der Waals surface area contributed by atoms with Crippen molar-refractivity contribution in [2.24, 2.45) is 5.73 Å². The fraction of sp³-hybridized carbons (Fsp3) is 0.700. The summed E-state index contributed by atoms with van der Waals surface area (Å²) in [6.45, 7) is 0.787. The molecular weight excluding hydrogens is 202 g/mol. The van der Waals surface area contributed by atoms with E-state index in [-0.39, 0.29) is 6.42 Å². The second kappa shape index (κ2) is 6.50. The van der Waals surface area contributed by atoms with Gasteiger partial charge in [0.15, 0.2) is 0 Å². The summed E-state index contributed by atoms with van der Waals surface area (Å²) in [4.78, 5) is 12.2. The zero-order valence-corrected chi connectivity index (χ0v) is 9.17. The van der Waals surface area contributed by atoms with Gasteiger partial charge in [0, 0.05) is 12.5 Å². The molecular formula is C10H18F2N2O. The molecule has 5 heteroatoms. The normalized spacial score (nSPS) is 12.6. The van der Waals surface area contributed by atoms with Crippen LogP contribution in [0.5, 0.6) is 0 Å². The van der Waals surface area contributed by atoms with E-state index in [1.165, 1.54) is 0 Å². The highest BCUT2D eigenvalue weighted by Crippen LogP contribution is 2.22. The monoisotopic (exact) mass is 220 g/mol. The van der Waals surface area contributed by atoms with Crippen LogP contribution in [0.25, 0.3) is 0 Å². The third-order valence-corrected chi connectivity index (χ3v) is 1.86. The van der Waals surface area contributed by atoms with E-state index in [1.807, 2.05) is 19.0 Å². The number of rotatable bonds is 7. The van der Waals surface area contributed by atoms with Gasteiger partial charge < -0.3 is 10.6 Å². The van der Waals surface area contributed by atoms with Gasteiger partial charge in [-0.1, -0.05) is 0 Å². The maximum atomic E-state index is 13.0. The van der Waals surface area contributed by atoms with Crippen molar-refractivity contribution in [1.29, 1.82) is 0 Å². The zero-order chi connectivity index (χ0) is 11.9. The fourth-order valence-electron chi connectivity index (χ4n) is 1.08. The Kier molecular flexibility index (Phi) is 6.08. The number of hydrogen-bond acceptors (Lipinski definition) is 2. The Hall–Kier alpha value is -0.970. The Labute approximate surface area is 88.9 Å². The van der Waals surface area contributed by atoms with Gasteiger partial charge in [-0.15, -0.1) is 0 Å². The lowest BCUT2D eigenvalue weighted by molar-refractivity contribution is -0.113. The molecule has 2 N–H and O–H groups in total. The first kappa shape index (κ1) is 14.0. The van der Waals surface area contributed by atoms with Crippen molar-refractivity contribution < 1.29 is 13.6 Å². The van der Waals surface area contributed by atoms with E-state index < -0.39 is 11.8 Å². The molecule has 0 rings (SSSR count). The van der Waals surface area contributed by atoms with E-state index in [9.17, 15) is 13.6 Å². The van der Waals surface area contributed by atoms with Crippen molar-refractivity contribution >= 4 is 5.91 Å². The lowest BCUT2D eigenvalue weighted by atomic mass is 10.1. The first-order valence-corrected chi connectivity index (χ1v) is 4.85. The highest BCUT2D eigenvalue weighted by Gasteiger charge is 2.24. The molecule has 0 aromatic rings. The van der Waals surface area contributed by atoms with Gasteiger partial charge in [-0.3, -0.25) is 4.79 Å². The van der Waals surface area contributed by atoms with Crippen LogP contribution < -0.4 is 5.73 Å². The lowest BCUT2D eigenvalue weighted by Crippen LogP contribution is -2.17. The summed E-state index contributed by atoms with van der Waals surface area (Å²) in [5, 5.41) is 0. The molecule has 0 unspecified atom stereocenters. The SMILES string of the molecule is CN(C)CCCCC(F)(F)C=CC(N)=O. The standard InChI is InChI=1S/C10H18F2N2O/c1-14(2)8-4-3-6-10(11,12)7-5-9(13)15/h5,7H,3-4,6,8H2,1-2H3,(H2,13,15). The number of primary amides is 1. The molecule has 0 aliphatic carbocycles. The Morgan fingerprint density at radius 1 is 1.40 bits per heavy atom. The summed E-state index contributed by atoms with van der Waals surface area (Å²) in [6, 6.07) is 0. The zero-order valence-electron chi connectivity index (χ0n) is 9.17. The van der Waals surface area contributed by atoms with Crippen LogP contribution in [-0.2, 0) is 4.79 Å². The number of carbonyl (C=O) groups is 1. The Morgan fingerprint density at radius 2 is 2.00 bits per heavy atom. The number of hydrogen-bond donors (Lipinski definition) is 1. The smallest absolute Gasteiger partial charge is 0.266 e. The maximum Gasteiger partial charge on any atom is 0.266 e. The van der Waals surface area contributed by atoms with Crippen molar-refractivity contribution in [2.45, 2.75) is 25.2 Å². The number of nitrogens with zero attached hydrogens (tertiary/aromatic N) is 1. The second-order valence-electron chi connectivity index (χ2n) is 3.76. The van der Waals surface area contributed by atoms with E-state index in [0.29, 0.717) is 25.0 Å². The van der Waals surface area contributed by atoms with E-state index >= 15 is 0 Å². The molecule has 0 aliphatic rings. The van der Waals surface area contributed by atoms with Crippen LogP contribution in [0.2, 0.25) is 0 Å². The van der Waals surface area contributed by atoms with Gasteiger partial charge in [-0.05, 0) is 39.6 Å². The molecule has 88 valence electrons. The van der Waals surface area contributed by atoms with Gasteiger partial charge in [0.2, 0.25) is 5.91 Å². The molecule has 0 saturated heterocycles. The molecule has 15 heavy (non-hydrogen) atoms. The van der Waals surface area contributed by atoms with Crippen molar-refractivity contribution in [3.63, 3.8) is 0 Å². The molecule has 3 nitrogen and oxygen atoms in total. The quantitative estimate of drug-likeness (QED) is 0.520. The fourth-order valence-corrected chi connectivity index (χ4v) is 1.08. The van der Waals surface area contributed by atoms with Crippen LogP contribution in [-0.4, -0.2) is 37.4 Å². The number of amides is 1. The average molecular weight is 220 g/mol. The minimum absolute atomic E-state index is 0.245. The van der Waals surface area contributed by atoms with Gasteiger partial charge in [-0.2, -0.15) is 0 Å². The molecule has 0 aliphatic heterocycles. The Morgan fingerprint density at radius 3 is 2.47 bits per heavy atom. The molecule has 0 bridgehead atoms. The topological polar surface area (TPSA) is 46.3 Å². The number of halogens is 2. The third-order valence-electron chi connectivity index (χ3n) is 1.86. The number of unbranched alkanes of at least 4 members (excludes halogenated alkanes) is 1. The molecule has 0 spiro atoms. The number of nitrogens with two attached hydrogens (primary N) is 1. The van der Waals surface area contributed by atoms with E-state index in [4.69, 9.17) is 5.73 Å². The van der Waals surface area contributed by atoms with Crippen molar-refractivity contribution in [2.75, 3.05) is 20.6 Å². The van der Waals surface area contributed by atoms with Crippen LogP contribution in [0.1, 0.15) is 19.3 Å². The molecule has 0 atom stereocenters. The first-order valence-electron chi connectivity index (χ1n) is 4.85. The maximum absolute atomic E-state index is 13.0. The molecule has 0 saturated carbocycles. The van der Waals surface area contributed by atoms with Crippen LogP contribution in [0.15, 0.2) is 12.2 Å². The molecule has 0 aromatic heterocycles. The lowest BCUT2D eigenvalue weighted by Gasteiger charge is -2.13. The number of alkyl halides is 2. The predicted molar refractivity (Wildman–Crippen MR) is 55.7 cm³/mol. The van der Waals surface area contributed by atoms with Crippen LogP contribution in [0.3, 0.4) is 0 Å². The minimum Gasteiger partial charge on any atom is -0.366 e. The van der Waals surface area contributed by atoms with Crippen LogP contribution >= 0.6 is 0 Å². The molecule has 0 aromatic carbocycles. The molecule has 0 fully saturated rings. The van der Waals surface area contributed by atoms with Crippen LogP contribution in [0.4, 0.5) is 8.78 Å². The number of carbonyl (C=O) groups excluding carboxylic acids is 1. The van der Waals surface area contributed by atoms with Gasteiger partial charge >= 0.3 is 0 Å². The number of allylic oxidation sites excluding steroid dienone is 1. The summed E-state index contributed by atoms with van der Waals surface area (Å²) in [5.74, 6) is -3.77. The summed E-state index contributed by atoms with van der Waals surface area (Å²) >= 11 is 0. The van der Waals surface area contributed by atoms with Gasteiger partial charge in [0.25, 0.3) is 5.92 Å². The van der Waals surface area contributed by atoms with Gasteiger partial charge in [0.1, 0.15) is 0 Å². The van der Waals surface area contributed by atoms with Crippen molar-refractivity contribution in [1.82, 2.24) is 4.90 Å². The Bertz CT molecular complexity index is 227. The minimum atomic E-state index is -2.93. The van der Waals surface area contributed by atoms with E-state index in [2.05, 4.69) is 0 Å². The second-order valence-corrected chi connectivity index (χ2v) is 3.76. The van der Waals surface area contributed by atoms with Gasteiger partial charge in [0.05, 0.1) is 0 Å². The van der Waals surface area contributed by atoms with E-state index in [0.717, 1.165) is 6.54 Å². The third kappa shape index (κ3) is 9.34. The van der Waals surface area contributed by atoms with Crippen LogP contribution in [0, 0.1) is 0 Å². The summed E-state index contributed by atoms with van der Waals surface area (Å²) in [5.41, 5.74) is 4.73. The highest BCUT2D eigenvalue weighted by atomic mass is 19.3. The molecule has 1 amide bonds. The first-order chi connectivity index (χ1) is 6.83. The summed E-state index contributed by atoms with van der Waals surface area (Å²) < 4.78 is 26.0. The average Bonchev–Trinajstić information content (AvgIpc) is 2.09. The molecule has 0 heterocycles. The van der Waals surface area contributed by atoms with E-state index in [1.54, 1.807) is 0 Å². The Balaban J connectivity index is 3.78. The van der Waals surface area contributed by atoms with Crippen molar-refractivity contribution in [3.8, 4) is 0 Å². The van der Waals surface area contributed by atoms with Crippen molar-refractivity contribution in [3.05, 3.63) is 12.2 Å². The largest absolute Gasteiger partial charge is 0.366 e. The summed E-state index contributed by atoms with van der Waals surface area (Å²) in [6.07, 6.45) is 2.18.